The number of rotatable bonds is 8. The number of hydrogen-bond donors (Lipinski definition) is 0. The van der Waals surface area contributed by atoms with Crippen molar-refractivity contribution >= 4 is 11.8 Å². The van der Waals surface area contributed by atoms with E-state index in [9.17, 15) is 4.79 Å². The number of carbonyl (C=O) groups excluding carboxylic acids is 1. The zero-order valence-electron chi connectivity index (χ0n) is 18.3. The quantitative estimate of drug-likeness (QED) is 0.638. The van der Waals surface area contributed by atoms with Crippen molar-refractivity contribution in [1.29, 1.82) is 0 Å². The molecule has 0 unspecified atom stereocenters. The van der Waals surface area contributed by atoms with E-state index in [0.29, 0.717) is 32.2 Å². The molecule has 2 fully saturated rings. The number of amides is 1. The Hall–Kier alpha value is -2.42. The van der Waals surface area contributed by atoms with Crippen molar-refractivity contribution in [3.05, 3.63) is 35.4 Å². The van der Waals surface area contributed by atoms with Crippen LogP contribution < -0.4 is 4.90 Å². The van der Waals surface area contributed by atoms with Gasteiger partial charge in [0.05, 0.1) is 31.4 Å². The molecule has 1 atom stereocenters. The summed E-state index contributed by atoms with van der Waals surface area (Å²) < 4.78 is 22.3. The van der Waals surface area contributed by atoms with Crippen LogP contribution in [-0.4, -0.2) is 75.2 Å². The maximum atomic E-state index is 12.9. The fourth-order valence-corrected chi connectivity index (χ4v) is 4.17. The Balaban J connectivity index is 1.68. The molecule has 2 saturated heterocycles. The molecule has 0 radical (unpaired) electrons. The lowest BCUT2D eigenvalue weighted by Gasteiger charge is -2.29. The second-order valence-corrected chi connectivity index (χ2v) is 8.13. The number of benzene rings is 1. The van der Waals surface area contributed by atoms with E-state index in [2.05, 4.69) is 29.1 Å². The second kappa shape index (κ2) is 10.3. The first-order valence-electron chi connectivity index (χ1n) is 10.9. The van der Waals surface area contributed by atoms with Gasteiger partial charge in [-0.3, -0.25) is 4.79 Å². The summed E-state index contributed by atoms with van der Waals surface area (Å²) in [7, 11) is 1.54. The summed E-state index contributed by atoms with van der Waals surface area (Å²) >= 11 is 0. The molecule has 168 valence electrons. The summed E-state index contributed by atoms with van der Waals surface area (Å²) in [6, 6.07) is 8.18. The van der Waals surface area contributed by atoms with E-state index in [4.69, 9.17) is 18.7 Å². The number of morpholine rings is 1. The monoisotopic (exact) mass is 429 g/mol. The molecule has 3 heterocycles. The molecule has 0 aliphatic carbocycles. The van der Waals surface area contributed by atoms with Crippen LogP contribution in [0.5, 0.6) is 0 Å². The maximum absolute atomic E-state index is 12.9. The molecule has 1 amide bonds. The third kappa shape index (κ3) is 5.26. The van der Waals surface area contributed by atoms with Gasteiger partial charge in [-0.05, 0) is 25.8 Å². The Kier molecular flexibility index (Phi) is 7.21. The molecule has 8 nitrogen and oxygen atoms in total. The topological polar surface area (TPSA) is 77.3 Å². The lowest BCUT2D eigenvalue weighted by atomic mass is 10.0. The third-order valence-corrected chi connectivity index (χ3v) is 5.77. The Morgan fingerprint density at radius 2 is 2.13 bits per heavy atom. The number of aromatic nitrogens is 1. The molecule has 2 aliphatic rings. The predicted octanol–water partition coefficient (Wildman–Crippen LogP) is 2.64. The minimum Gasteiger partial charge on any atom is -0.378 e. The normalized spacial score (nSPS) is 19.0. The van der Waals surface area contributed by atoms with Gasteiger partial charge in [0.25, 0.3) is 0 Å². The lowest BCUT2D eigenvalue weighted by Crippen LogP contribution is -2.40. The highest BCUT2D eigenvalue weighted by Crippen LogP contribution is 2.33. The van der Waals surface area contributed by atoms with Gasteiger partial charge >= 0.3 is 0 Å². The van der Waals surface area contributed by atoms with Crippen molar-refractivity contribution in [3.8, 4) is 11.3 Å². The van der Waals surface area contributed by atoms with Crippen LogP contribution in [0.1, 0.15) is 24.0 Å². The Morgan fingerprint density at radius 1 is 1.29 bits per heavy atom. The number of carbonyl (C=O) groups is 1. The van der Waals surface area contributed by atoms with Gasteiger partial charge < -0.3 is 28.5 Å². The van der Waals surface area contributed by atoms with Crippen LogP contribution in [0.3, 0.4) is 0 Å². The van der Waals surface area contributed by atoms with Gasteiger partial charge in [-0.2, -0.15) is 0 Å². The van der Waals surface area contributed by atoms with Gasteiger partial charge in [0, 0.05) is 38.9 Å². The average molecular weight is 430 g/mol. The highest BCUT2D eigenvalue weighted by molar-refractivity contribution is 5.78. The Labute approximate surface area is 183 Å². The molecule has 0 bridgehead atoms. The molecule has 0 saturated carbocycles. The van der Waals surface area contributed by atoms with E-state index in [0.717, 1.165) is 54.9 Å². The zero-order chi connectivity index (χ0) is 21.6. The first-order chi connectivity index (χ1) is 15.2. The number of methoxy groups -OCH3 is 1. The molecule has 0 spiro atoms. The van der Waals surface area contributed by atoms with Gasteiger partial charge in [0.2, 0.25) is 11.8 Å². The van der Waals surface area contributed by atoms with Crippen LogP contribution in [0.15, 0.2) is 28.8 Å². The Morgan fingerprint density at radius 3 is 2.84 bits per heavy atom. The van der Waals surface area contributed by atoms with Crippen LogP contribution in [-0.2, 0) is 25.5 Å². The van der Waals surface area contributed by atoms with Crippen molar-refractivity contribution in [3.63, 3.8) is 0 Å². The highest BCUT2D eigenvalue weighted by Gasteiger charge is 2.29. The number of nitrogens with zero attached hydrogens (tertiary/aromatic N) is 3. The Bertz CT molecular complexity index is 872. The zero-order valence-corrected chi connectivity index (χ0v) is 18.3. The molecule has 1 aromatic heterocycles. The molecule has 2 aromatic rings. The molecule has 31 heavy (non-hydrogen) atoms. The summed E-state index contributed by atoms with van der Waals surface area (Å²) in [6.45, 7) is 6.50. The van der Waals surface area contributed by atoms with E-state index in [1.807, 2.05) is 17.0 Å². The minimum atomic E-state index is -0.0673. The molecule has 8 heteroatoms. The predicted molar refractivity (Wildman–Crippen MR) is 116 cm³/mol. The standard InChI is InChI=1S/C23H31N3O5/c1-17-5-3-6-18(13-17)22-20(23(31-24-22)25-8-11-29-12-9-25)15-26(21(27)16-28-2)14-19-7-4-10-30-19/h3,5-6,13,19H,4,7-12,14-16H2,1-2H3/t19-/m0/s1. The van der Waals surface area contributed by atoms with Crippen molar-refractivity contribution < 1.29 is 23.5 Å². The maximum Gasteiger partial charge on any atom is 0.248 e. The van der Waals surface area contributed by atoms with Crippen LogP contribution in [0.2, 0.25) is 0 Å². The fraction of sp³-hybridized carbons (Fsp3) is 0.565. The van der Waals surface area contributed by atoms with Gasteiger partial charge in [0.1, 0.15) is 12.3 Å². The molecule has 0 N–H and O–H groups in total. The van der Waals surface area contributed by atoms with Gasteiger partial charge in [-0.25, -0.2) is 0 Å². The summed E-state index contributed by atoms with van der Waals surface area (Å²) in [5.74, 6) is 0.643. The van der Waals surface area contributed by atoms with Gasteiger partial charge in [-0.15, -0.1) is 0 Å². The third-order valence-electron chi connectivity index (χ3n) is 5.77. The largest absolute Gasteiger partial charge is 0.378 e. The summed E-state index contributed by atoms with van der Waals surface area (Å²) in [6.07, 6.45) is 2.04. The van der Waals surface area contributed by atoms with E-state index < -0.39 is 0 Å². The minimum absolute atomic E-state index is 0.0324. The second-order valence-electron chi connectivity index (χ2n) is 8.13. The first-order valence-corrected chi connectivity index (χ1v) is 10.9. The summed E-state index contributed by atoms with van der Waals surface area (Å²) in [5, 5.41) is 4.43. The van der Waals surface area contributed by atoms with Crippen LogP contribution in [0.25, 0.3) is 11.3 Å². The SMILES string of the molecule is COCC(=O)N(Cc1c(-c2cccc(C)c2)noc1N1CCOCC1)C[C@@H]1CCCO1. The summed E-state index contributed by atoms with van der Waals surface area (Å²) in [4.78, 5) is 16.9. The molecule has 1 aromatic carbocycles. The van der Waals surface area contributed by atoms with Crippen molar-refractivity contribution in [2.24, 2.45) is 0 Å². The smallest absolute Gasteiger partial charge is 0.248 e. The van der Waals surface area contributed by atoms with E-state index >= 15 is 0 Å². The molecular formula is C23H31N3O5. The number of ether oxygens (including phenoxy) is 3. The van der Waals surface area contributed by atoms with Crippen molar-refractivity contribution in [1.82, 2.24) is 10.1 Å². The lowest BCUT2D eigenvalue weighted by molar-refractivity contribution is -0.137. The molecule has 2 aliphatic heterocycles. The van der Waals surface area contributed by atoms with E-state index in [1.54, 1.807) is 7.11 Å². The highest BCUT2D eigenvalue weighted by atomic mass is 16.5. The van der Waals surface area contributed by atoms with Crippen molar-refractivity contribution in [2.75, 3.05) is 58.1 Å². The summed E-state index contributed by atoms with van der Waals surface area (Å²) in [5.41, 5.74) is 3.81. The first kappa shape index (κ1) is 21.8. The fourth-order valence-electron chi connectivity index (χ4n) is 4.17. The molecule has 4 rings (SSSR count). The average Bonchev–Trinajstić information content (AvgIpc) is 3.44. The molecular weight excluding hydrogens is 398 g/mol. The number of hydrogen-bond acceptors (Lipinski definition) is 7. The van der Waals surface area contributed by atoms with Crippen LogP contribution in [0, 0.1) is 6.92 Å². The van der Waals surface area contributed by atoms with E-state index in [-0.39, 0.29) is 18.6 Å². The number of anilines is 1. The van der Waals surface area contributed by atoms with E-state index in [1.165, 1.54) is 0 Å². The number of aryl methyl sites for hydroxylation is 1. The van der Waals surface area contributed by atoms with Crippen LogP contribution in [0.4, 0.5) is 5.88 Å². The van der Waals surface area contributed by atoms with Gasteiger partial charge in [-0.1, -0.05) is 28.9 Å². The van der Waals surface area contributed by atoms with Crippen molar-refractivity contribution in [2.45, 2.75) is 32.4 Å². The van der Waals surface area contributed by atoms with Crippen LogP contribution >= 0.6 is 0 Å². The van der Waals surface area contributed by atoms with Gasteiger partial charge in [0.15, 0.2) is 0 Å².